The van der Waals surface area contributed by atoms with Crippen molar-refractivity contribution in [2.45, 2.75) is 24.9 Å². The Hall–Kier alpha value is -1.11. The fourth-order valence-electron chi connectivity index (χ4n) is 2.53. The molecule has 2 atom stereocenters. The van der Waals surface area contributed by atoms with Crippen LogP contribution in [0.15, 0.2) is 60.7 Å². The van der Waals surface area contributed by atoms with Gasteiger partial charge < -0.3 is 0 Å². The zero-order valence-corrected chi connectivity index (χ0v) is 16.1. The van der Waals surface area contributed by atoms with Gasteiger partial charge in [0.1, 0.15) is 0 Å². The van der Waals surface area contributed by atoms with Crippen LogP contribution in [0.4, 0.5) is 0 Å². The number of nitrogens with one attached hydrogen (secondary N) is 2. The highest BCUT2D eigenvalue weighted by atomic mass is 35.5. The highest BCUT2D eigenvalue weighted by Gasteiger charge is 2.21. The van der Waals surface area contributed by atoms with Crippen LogP contribution < -0.4 is 9.44 Å². The minimum absolute atomic E-state index is 0.181. The summed E-state index contributed by atoms with van der Waals surface area (Å²) >= 11 is 11.9. The minimum Gasteiger partial charge on any atom is -0.198 e. The van der Waals surface area contributed by atoms with Crippen LogP contribution in [0.5, 0.6) is 0 Å². The molecule has 2 aromatic carbocycles. The van der Waals surface area contributed by atoms with Crippen LogP contribution in [-0.2, 0) is 23.1 Å². The third-order valence-corrected chi connectivity index (χ3v) is 5.70. The van der Waals surface area contributed by atoms with Crippen molar-refractivity contribution in [1.82, 2.24) is 9.44 Å². The van der Waals surface area contributed by atoms with E-state index in [2.05, 4.69) is 9.44 Å². The average Bonchev–Trinajstić information content (AvgIpc) is 2.62. The Labute approximate surface area is 159 Å². The quantitative estimate of drug-likeness (QED) is 0.601. The van der Waals surface area contributed by atoms with Crippen molar-refractivity contribution in [3.8, 4) is 0 Å². The third-order valence-electron chi connectivity index (χ3n) is 3.67. The number of alkyl halides is 2. The van der Waals surface area contributed by atoms with Crippen molar-refractivity contribution < 1.29 is 8.42 Å². The molecule has 0 amide bonds. The molecule has 136 valence electrons. The summed E-state index contributed by atoms with van der Waals surface area (Å²) in [5.41, 5.74) is 2.04. The standard InChI is InChI=1S/C18H22Cl2N2O2S/c19-13-17(11-15-7-3-1-4-8-15)21-25(23,24)22-18(14-20)12-16-9-5-2-6-10-16/h1-10,17-18,21-22H,11-14H2/t17-,18-/m0/s1. The van der Waals surface area contributed by atoms with Gasteiger partial charge in [0.25, 0.3) is 10.2 Å². The van der Waals surface area contributed by atoms with Gasteiger partial charge in [0.2, 0.25) is 0 Å². The lowest BCUT2D eigenvalue weighted by molar-refractivity contribution is 0.530. The SMILES string of the molecule is O=S(=O)(N[C@H](CCl)Cc1ccccc1)N[C@H](CCl)Cc1ccccc1. The van der Waals surface area contributed by atoms with Crippen molar-refractivity contribution in [1.29, 1.82) is 0 Å². The maximum Gasteiger partial charge on any atom is 0.277 e. The van der Waals surface area contributed by atoms with E-state index in [9.17, 15) is 8.42 Å². The molecule has 25 heavy (non-hydrogen) atoms. The third kappa shape index (κ3) is 7.34. The van der Waals surface area contributed by atoms with Gasteiger partial charge in [-0.15, -0.1) is 23.2 Å². The fraction of sp³-hybridized carbons (Fsp3) is 0.333. The molecule has 2 rings (SSSR count). The number of benzene rings is 2. The van der Waals surface area contributed by atoms with Gasteiger partial charge in [-0.25, -0.2) is 0 Å². The van der Waals surface area contributed by atoms with Gasteiger partial charge in [0.15, 0.2) is 0 Å². The van der Waals surface area contributed by atoms with Crippen LogP contribution in [0.2, 0.25) is 0 Å². The van der Waals surface area contributed by atoms with Crippen LogP contribution in [0.1, 0.15) is 11.1 Å². The first kappa shape index (κ1) is 20.2. The maximum absolute atomic E-state index is 12.4. The molecule has 0 radical (unpaired) electrons. The van der Waals surface area contributed by atoms with Crippen molar-refractivity contribution in [2.75, 3.05) is 11.8 Å². The van der Waals surface area contributed by atoms with E-state index in [1.807, 2.05) is 60.7 Å². The number of hydrogen-bond acceptors (Lipinski definition) is 2. The lowest BCUT2D eigenvalue weighted by atomic mass is 10.1. The Bertz CT molecular complexity index is 670. The molecule has 0 saturated heterocycles. The van der Waals surface area contributed by atoms with Crippen LogP contribution in [-0.4, -0.2) is 32.3 Å². The molecule has 0 unspecified atom stereocenters. The van der Waals surface area contributed by atoms with Crippen LogP contribution >= 0.6 is 23.2 Å². The van der Waals surface area contributed by atoms with Crippen molar-refractivity contribution in [3.05, 3.63) is 71.8 Å². The van der Waals surface area contributed by atoms with E-state index in [1.54, 1.807) is 0 Å². The molecule has 0 aromatic heterocycles. The zero-order valence-electron chi connectivity index (χ0n) is 13.7. The molecule has 7 heteroatoms. The van der Waals surface area contributed by atoms with E-state index in [-0.39, 0.29) is 11.8 Å². The van der Waals surface area contributed by atoms with Crippen molar-refractivity contribution in [2.24, 2.45) is 0 Å². The van der Waals surface area contributed by atoms with Gasteiger partial charge in [-0.05, 0) is 24.0 Å². The smallest absolute Gasteiger partial charge is 0.198 e. The lowest BCUT2D eigenvalue weighted by Gasteiger charge is -2.20. The summed E-state index contributed by atoms with van der Waals surface area (Å²) in [4.78, 5) is 0. The zero-order chi connectivity index (χ0) is 18.1. The first-order valence-corrected chi connectivity index (χ1v) is 10.6. The number of rotatable bonds is 10. The van der Waals surface area contributed by atoms with Crippen LogP contribution in [0.25, 0.3) is 0 Å². The second kappa shape index (κ2) is 10.1. The Morgan fingerprint density at radius 2 is 1.08 bits per heavy atom. The summed E-state index contributed by atoms with van der Waals surface area (Å²) in [5, 5.41) is 0. The second-order valence-electron chi connectivity index (χ2n) is 5.82. The topological polar surface area (TPSA) is 58.2 Å². The molecular weight excluding hydrogens is 379 g/mol. The Balaban J connectivity index is 1.96. The second-order valence-corrected chi connectivity index (χ2v) is 7.92. The minimum atomic E-state index is -3.71. The first-order valence-electron chi connectivity index (χ1n) is 8.01. The van der Waals surface area contributed by atoms with Gasteiger partial charge >= 0.3 is 0 Å². The number of halogens is 2. The molecule has 0 bridgehead atoms. The monoisotopic (exact) mass is 400 g/mol. The molecule has 0 fully saturated rings. The molecule has 0 saturated carbocycles. The predicted octanol–water partition coefficient (Wildman–Crippen LogP) is 3.11. The molecule has 4 nitrogen and oxygen atoms in total. The molecular formula is C18H22Cl2N2O2S. The highest BCUT2D eigenvalue weighted by molar-refractivity contribution is 7.87. The van der Waals surface area contributed by atoms with Gasteiger partial charge in [-0.2, -0.15) is 17.9 Å². The van der Waals surface area contributed by atoms with Gasteiger partial charge in [0, 0.05) is 23.8 Å². The molecule has 0 heterocycles. The highest BCUT2D eigenvalue weighted by Crippen LogP contribution is 2.08. The molecule has 2 N–H and O–H groups in total. The normalized spacial score (nSPS) is 14.2. The molecule has 2 aromatic rings. The summed E-state index contributed by atoms with van der Waals surface area (Å²) in [6.07, 6.45) is 1.05. The van der Waals surface area contributed by atoms with E-state index < -0.39 is 22.3 Å². The predicted molar refractivity (Wildman–Crippen MR) is 104 cm³/mol. The summed E-state index contributed by atoms with van der Waals surface area (Å²) < 4.78 is 30.0. The molecule has 0 aliphatic carbocycles. The Morgan fingerprint density at radius 1 is 0.720 bits per heavy atom. The van der Waals surface area contributed by atoms with Gasteiger partial charge in [0.05, 0.1) is 0 Å². The summed E-state index contributed by atoms with van der Waals surface area (Å²) in [6, 6.07) is 18.5. The van der Waals surface area contributed by atoms with Crippen LogP contribution in [0, 0.1) is 0 Å². The average molecular weight is 401 g/mol. The molecule has 0 spiro atoms. The number of hydrogen-bond donors (Lipinski definition) is 2. The summed E-state index contributed by atoms with van der Waals surface area (Å²) in [5.74, 6) is 0.361. The van der Waals surface area contributed by atoms with Gasteiger partial charge in [-0.1, -0.05) is 60.7 Å². The summed E-state index contributed by atoms with van der Waals surface area (Å²) in [7, 11) is -3.71. The largest absolute Gasteiger partial charge is 0.277 e. The van der Waals surface area contributed by atoms with E-state index in [0.29, 0.717) is 12.8 Å². The van der Waals surface area contributed by atoms with E-state index in [1.165, 1.54) is 0 Å². The molecule has 0 aliphatic heterocycles. The van der Waals surface area contributed by atoms with Crippen molar-refractivity contribution >= 4 is 33.4 Å². The fourth-order valence-corrected chi connectivity index (χ4v) is 4.36. The lowest BCUT2D eigenvalue weighted by Crippen LogP contribution is -2.49. The maximum atomic E-state index is 12.4. The van der Waals surface area contributed by atoms with Crippen molar-refractivity contribution in [3.63, 3.8) is 0 Å². The Kier molecular flexibility index (Phi) is 8.19. The first-order chi connectivity index (χ1) is 12.0. The van der Waals surface area contributed by atoms with E-state index >= 15 is 0 Å². The Morgan fingerprint density at radius 3 is 1.40 bits per heavy atom. The van der Waals surface area contributed by atoms with Gasteiger partial charge in [-0.3, -0.25) is 0 Å². The van der Waals surface area contributed by atoms with E-state index in [4.69, 9.17) is 23.2 Å². The summed E-state index contributed by atoms with van der Waals surface area (Å²) in [6.45, 7) is 0. The van der Waals surface area contributed by atoms with E-state index in [0.717, 1.165) is 11.1 Å². The molecule has 0 aliphatic rings. The van der Waals surface area contributed by atoms with Crippen LogP contribution in [0.3, 0.4) is 0 Å².